The summed E-state index contributed by atoms with van der Waals surface area (Å²) in [4.78, 5) is 17.5. The van der Waals surface area contributed by atoms with Crippen molar-refractivity contribution < 1.29 is 13.2 Å². The van der Waals surface area contributed by atoms with E-state index in [0.717, 1.165) is 12.1 Å². The van der Waals surface area contributed by atoms with Crippen LogP contribution in [0.2, 0.25) is 0 Å². The third-order valence-corrected chi connectivity index (χ3v) is 5.12. The summed E-state index contributed by atoms with van der Waals surface area (Å²) in [5, 5.41) is 1.00. The summed E-state index contributed by atoms with van der Waals surface area (Å²) in [6.45, 7) is 0.240. The molecule has 4 nitrogen and oxygen atoms in total. The molecule has 0 unspecified atom stereocenters. The van der Waals surface area contributed by atoms with Gasteiger partial charge in [-0.15, -0.1) is 0 Å². The molecule has 4 rings (SSSR count). The van der Waals surface area contributed by atoms with Crippen LogP contribution in [-0.4, -0.2) is 9.55 Å². The zero-order valence-corrected chi connectivity index (χ0v) is 14.9. The van der Waals surface area contributed by atoms with Crippen molar-refractivity contribution in [3.05, 3.63) is 94.2 Å². The monoisotopic (exact) mass is 384 g/mol. The lowest BCUT2D eigenvalue weighted by Crippen LogP contribution is -2.23. The molecule has 0 N–H and O–H groups in total. The molecule has 0 aliphatic carbocycles. The van der Waals surface area contributed by atoms with Gasteiger partial charge in [0.25, 0.3) is 5.56 Å². The predicted molar refractivity (Wildman–Crippen MR) is 99.7 cm³/mol. The highest BCUT2D eigenvalue weighted by molar-refractivity contribution is 7.98. The number of nitrogens with zero attached hydrogens (tertiary/aromatic N) is 2. The van der Waals surface area contributed by atoms with Gasteiger partial charge in [0.15, 0.2) is 16.8 Å². The topological polar surface area (TPSA) is 48.0 Å². The van der Waals surface area contributed by atoms with Crippen molar-refractivity contribution >= 4 is 22.7 Å². The molecule has 2 aromatic heterocycles. The minimum absolute atomic E-state index is 0.176. The number of thioether (sulfide) groups is 1. The summed E-state index contributed by atoms with van der Waals surface area (Å²) in [6.07, 6.45) is 1.54. The first-order valence-electron chi connectivity index (χ1n) is 8.20. The average Bonchev–Trinajstić information content (AvgIpc) is 3.18. The van der Waals surface area contributed by atoms with Crippen LogP contribution in [0, 0.1) is 11.6 Å². The molecule has 0 spiro atoms. The Morgan fingerprint density at radius 2 is 1.89 bits per heavy atom. The Labute approximate surface area is 157 Å². The van der Waals surface area contributed by atoms with Crippen molar-refractivity contribution in [2.45, 2.75) is 17.5 Å². The van der Waals surface area contributed by atoms with Crippen molar-refractivity contribution in [1.29, 1.82) is 0 Å². The molecule has 2 heterocycles. The average molecular weight is 384 g/mol. The predicted octanol–water partition coefficient (Wildman–Crippen LogP) is 4.61. The van der Waals surface area contributed by atoms with E-state index in [1.165, 1.54) is 22.4 Å². The molecule has 0 saturated heterocycles. The fourth-order valence-electron chi connectivity index (χ4n) is 2.73. The van der Waals surface area contributed by atoms with Crippen LogP contribution in [0.3, 0.4) is 0 Å². The summed E-state index contributed by atoms with van der Waals surface area (Å²) < 4.78 is 33.5. The van der Waals surface area contributed by atoms with E-state index in [4.69, 9.17) is 4.42 Å². The highest BCUT2D eigenvalue weighted by atomic mass is 32.2. The van der Waals surface area contributed by atoms with Crippen molar-refractivity contribution in [3.8, 4) is 0 Å². The molecule has 0 aliphatic heterocycles. The highest BCUT2D eigenvalue weighted by Crippen LogP contribution is 2.24. The molecule has 0 aliphatic rings. The van der Waals surface area contributed by atoms with E-state index in [1.807, 2.05) is 6.07 Å². The third kappa shape index (κ3) is 3.64. The van der Waals surface area contributed by atoms with Gasteiger partial charge in [-0.2, -0.15) is 0 Å². The number of halogens is 2. The van der Waals surface area contributed by atoms with Crippen LogP contribution in [0.25, 0.3) is 10.9 Å². The first-order valence-corrected chi connectivity index (χ1v) is 9.19. The standard InChI is InChI=1S/C20H14F2N2O2S/c21-16-8-7-13(10-17(16)22)12-27-20-23-18-6-2-1-5-15(18)19(25)24(20)11-14-4-3-9-26-14/h1-10H,11-12H2. The number of benzene rings is 2. The van der Waals surface area contributed by atoms with Crippen molar-refractivity contribution in [3.63, 3.8) is 0 Å². The highest BCUT2D eigenvalue weighted by Gasteiger charge is 2.13. The van der Waals surface area contributed by atoms with Gasteiger partial charge < -0.3 is 4.42 Å². The Balaban J connectivity index is 1.73. The number of hydrogen-bond acceptors (Lipinski definition) is 4. The Morgan fingerprint density at radius 3 is 2.67 bits per heavy atom. The van der Waals surface area contributed by atoms with Crippen LogP contribution in [0.4, 0.5) is 8.78 Å². The molecule has 0 saturated carbocycles. The number of aromatic nitrogens is 2. The second-order valence-electron chi connectivity index (χ2n) is 5.92. The molecule has 0 bridgehead atoms. The van der Waals surface area contributed by atoms with Gasteiger partial charge in [-0.25, -0.2) is 13.8 Å². The van der Waals surface area contributed by atoms with Gasteiger partial charge in [0.2, 0.25) is 0 Å². The maximum Gasteiger partial charge on any atom is 0.262 e. The van der Waals surface area contributed by atoms with Crippen molar-refractivity contribution in [2.24, 2.45) is 0 Å². The van der Waals surface area contributed by atoms with Crippen molar-refractivity contribution in [2.75, 3.05) is 0 Å². The van der Waals surface area contributed by atoms with E-state index in [1.54, 1.807) is 36.6 Å². The zero-order chi connectivity index (χ0) is 18.8. The Hall–Kier alpha value is -2.93. The van der Waals surface area contributed by atoms with Gasteiger partial charge in [0, 0.05) is 5.75 Å². The Kier molecular flexibility index (Phi) is 4.77. The van der Waals surface area contributed by atoms with Crippen LogP contribution in [0.1, 0.15) is 11.3 Å². The van der Waals surface area contributed by atoms with Gasteiger partial charge >= 0.3 is 0 Å². The van der Waals surface area contributed by atoms with Crippen LogP contribution >= 0.6 is 11.8 Å². The van der Waals surface area contributed by atoms with Gasteiger partial charge in [0.05, 0.1) is 23.7 Å². The lowest BCUT2D eigenvalue weighted by atomic mass is 10.2. The summed E-state index contributed by atoms with van der Waals surface area (Å²) in [6, 6.07) is 14.4. The van der Waals surface area contributed by atoms with E-state index in [2.05, 4.69) is 4.98 Å². The second kappa shape index (κ2) is 7.36. The van der Waals surface area contributed by atoms with E-state index in [0.29, 0.717) is 33.1 Å². The molecular weight excluding hydrogens is 370 g/mol. The van der Waals surface area contributed by atoms with E-state index < -0.39 is 11.6 Å². The molecule has 4 aromatic rings. The quantitative estimate of drug-likeness (QED) is 0.372. The first kappa shape index (κ1) is 17.5. The van der Waals surface area contributed by atoms with Crippen LogP contribution in [-0.2, 0) is 12.3 Å². The second-order valence-corrected chi connectivity index (χ2v) is 6.86. The smallest absolute Gasteiger partial charge is 0.262 e. The van der Waals surface area contributed by atoms with Gasteiger partial charge in [-0.1, -0.05) is 30.0 Å². The summed E-state index contributed by atoms with van der Waals surface area (Å²) in [7, 11) is 0. The zero-order valence-electron chi connectivity index (χ0n) is 14.1. The summed E-state index contributed by atoms with van der Waals surface area (Å²) >= 11 is 1.29. The number of furan rings is 1. The SMILES string of the molecule is O=c1c2ccccc2nc(SCc2ccc(F)c(F)c2)n1Cc1ccco1. The number of rotatable bonds is 5. The lowest BCUT2D eigenvalue weighted by Gasteiger charge is -2.12. The van der Waals surface area contributed by atoms with Crippen LogP contribution in [0.5, 0.6) is 0 Å². The molecule has 7 heteroatoms. The molecule has 2 aromatic carbocycles. The fraction of sp³-hybridized carbons (Fsp3) is 0.100. The maximum absolute atomic E-state index is 13.4. The molecular formula is C20H14F2N2O2S. The maximum atomic E-state index is 13.4. The summed E-state index contributed by atoms with van der Waals surface area (Å²) in [5.41, 5.74) is 1.02. The molecule has 0 radical (unpaired) electrons. The van der Waals surface area contributed by atoms with Gasteiger partial charge in [-0.05, 0) is 42.0 Å². The molecule has 0 fully saturated rings. The van der Waals surface area contributed by atoms with E-state index in [9.17, 15) is 13.6 Å². The number of hydrogen-bond donors (Lipinski definition) is 0. The van der Waals surface area contributed by atoms with Gasteiger partial charge in [-0.3, -0.25) is 9.36 Å². The normalized spacial score (nSPS) is 11.2. The largest absolute Gasteiger partial charge is 0.467 e. The Bertz CT molecular complexity index is 1160. The fourth-order valence-corrected chi connectivity index (χ4v) is 3.67. The minimum Gasteiger partial charge on any atom is -0.467 e. The minimum atomic E-state index is -0.896. The lowest BCUT2D eigenvalue weighted by molar-refractivity contribution is 0.476. The summed E-state index contributed by atoms with van der Waals surface area (Å²) in [5.74, 6) is -0.807. The molecule has 0 amide bonds. The molecule has 136 valence electrons. The molecule has 27 heavy (non-hydrogen) atoms. The van der Waals surface area contributed by atoms with E-state index in [-0.39, 0.29) is 12.1 Å². The number of para-hydroxylation sites is 1. The van der Waals surface area contributed by atoms with Crippen molar-refractivity contribution in [1.82, 2.24) is 9.55 Å². The van der Waals surface area contributed by atoms with E-state index >= 15 is 0 Å². The van der Waals surface area contributed by atoms with Crippen LogP contribution in [0.15, 0.2) is 75.2 Å². The molecule has 0 atom stereocenters. The first-order chi connectivity index (χ1) is 13.1. The third-order valence-electron chi connectivity index (χ3n) is 4.07. The van der Waals surface area contributed by atoms with Gasteiger partial charge in [0.1, 0.15) is 5.76 Å². The number of fused-ring (bicyclic) bond motifs is 1. The van der Waals surface area contributed by atoms with Crippen LogP contribution < -0.4 is 5.56 Å². The Morgan fingerprint density at radius 1 is 1.04 bits per heavy atom.